The molecule has 0 aliphatic carbocycles. The minimum atomic E-state index is -0.457. The first-order valence-corrected chi connectivity index (χ1v) is 9.06. The maximum atomic E-state index is 12.6. The predicted octanol–water partition coefficient (Wildman–Crippen LogP) is 3.26. The molecule has 0 aliphatic heterocycles. The van der Waals surface area contributed by atoms with E-state index in [9.17, 15) is 9.59 Å². The van der Waals surface area contributed by atoms with Crippen LogP contribution in [0.4, 0.5) is 5.69 Å². The zero-order valence-corrected chi connectivity index (χ0v) is 16.4. The molecule has 0 saturated carbocycles. The molecule has 1 unspecified atom stereocenters. The number of methoxy groups -OCH3 is 1. The molecule has 3 aromatic rings. The van der Waals surface area contributed by atoms with Gasteiger partial charge in [-0.05, 0) is 29.8 Å². The Labute approximate surface area is 168 Å². The minimum Gasteiger partial charge on any atom is -0.497 e. The molecule has 2 amide bonds. The van der Waals surface area contributed by atoms with E-state index in [1.54, 1.807) is 44.4 Å². The normalized spacial score (nSPS) is 11.6. The predicted molar refractivity (Wildman–Crippen MR) is 107 cm³/mol. The third-order valence-electron chi connectivity index (χ3n) is 4.22. The lowest BCUT2D eigenvalue weighted by atomic mass is 10.0. The van der Waals surface area contributed by atoms with Crippen molar-refractivity contribution in [3.63, 3.8) is 0 Å². The zero-order valence-electron chi connectivity index (χ0n) is 16.4. The third kappa shape index (κ3) is 5.41. The molecule has 3 rings (SSSR count). The molecule has 8 heteroatoms. The number of aromatic nitrogens is 2. The topological polar surface area (TPSA) is 106 Å². The molecule has 0 spiro atoms. The number of carbonyl (C=O) groups is 2. The highest BCUT2D eigenvalue weighted by atomic mass is 16.5. The number of anilines is 1. The van der Waals surface area contributed by atoms with Gasteiger partial charge in [0, 0.05) is 25.1 Å². The van der Waals surface area contributed by atoms with Gasteiger partial charge in [-0.1, -0.05) is 29.4 Å². The van der Waals surface area contributed by atoms with Crippen LogP contribution in [0.15, 0.2) is 53.1 Å². The SMILES string of the molecule is COc1ccc(C(CC(=O)Nc2cccc(-c3noc(C)n3)c2)NC(C)=O)cc1. The van der Waals surface area contributed by atoms with Gasteiger partial charge >= 0.3 is 0 Å². The Bertz CT molecular complexity index is 998. The molecule has 0 saturated heterocycles. The first-order valence-electron chi connectivity index (χ1n) is 9.06. The maximum Gasteiger partial charge on any atom is 0.226 e. The number of nitrogens with one attached hydrogen (secondary N) is 2. The number of benzene rings is 2. The van der Waals surface area contributed by atoms with Gasteiger partial charge in [0.1, 0.15) is 5.75 Å². The monoisotopic (exact) mass is 394 g/mol. The Hall–Kier alpha value is -3.68. The summed E-state index contributed by atoms with van der Waals surface area (Å²) < 4.78 is 10.2. The molecule has 2 N–H and O–H groups in total. The number of hydrogen-bond acceptors (Lipinski definition) is 6. The van der Waals surface area contributed by atoms with Crippen LogP contribution in [0.5, 0.6) is 5.75 Å². The smallest absolute Gasteiger partial charge is 0.226 e. The lowest BCUT2D eigenvalue weighted by Crippen LogP contribution is -2.29. The van der Waals surface area contributed by atoms with Crippen molar-refractivity contribution in [1.82, 2.24) is 15.5 Å². The summed E-state index contributed by atoms with van der Waals surface area (Å²) in [6, 6.07) is 13.9. The Morgan fingerprint density at radius 2 is 1.93 bits per heavy atom. The second kappa shape index (κ2) is 9.01. The van der Waals surface area contributed by atoms with E-state index in [0.29, 0.717) is 23.2 Å². The van der Waals surface area contributed by atoms with Gasteiger partial charge in [0.05, 0.1) is 19.6 Å². The quantitative estimate of drug-likeness (QED) is 0.637. The van der Waals surface area contributed by atoms with Gasteiger partial charge in [-0.2, -0.15) is 4.98 Å². The number of nitrogens with zero attached hydrogens (tertiary/aromatic N) is 2. The van der Waals surface area contributed by atoms with Crippen molar-refractivity contribution in [2.75, 3.05) is 12.4 Å². The zero-order chi connectivity index (χ0) is 20.8. The van der Waals surface area contributed by atoms with Crippen LogP contribution < -0.4 is 15.4 Å². The summed E-state index contributed by atoms with van der Waals surface area (Å²) in [6.45, 7) is 3.13. The van der Waals surface area contributed by atoms with Crippen molar-refractivity contribution in [3.8, 4) is 17.1 Å². The molecule has 1 aromatic heterocycles. The first kappa shape index (κ1) is 20.1. The molecule has 1 atom stereocenters. The first-order chi connectivity index (χ1) is 13.9. The van der Waals surface area contributed by atoms with Crippen LogP contribution in [0.3, 0.4) is 0 Å². The molecule has 0 aliphatic rings. The average Bonchev–Trinajstić information content (AvgIpc) is 3.14. The molecule has 0 fully saturated rings. The van der Waals surface area contributed by atoms with Crippen LogP contribution in [0, 0.1) is 6.92 Å². The highest BCUT2D eigenvalue weighted by Crippen LogP contribution is 2.23. The standard InChI is InChI=1S/C21H22N4O4/c1-13(26)22-19(15-7-9-18(28-3)10-8-15)12-20(27)24-17-6-4-5-16(11-17)21-23-14(2)29-25-21/h4-11,19H,12H2,1-3H3,(H,22,26)(H,24,27). The molecule has 0 bridgehead atoms. The summed E-state index contributed by atoms with van der Waals surface area (Å²) in [5.74, 6) is 1.17. The largest absolute Gasteiger partial charge is 0.497 e. The lowest BCUT2D eigenvalue weighted by molar-refractivity contribution is -0.120. The molecule has 29 heavy (non-hydrogen) atoms. The van der Waals surface area contributed by atoms with E-state index in [2.05, 4.69) is 20.8 Å². The van der Waals surface area contributed by atoms with E-state index in [1.807, 2.05) is 18.2 Å². The van der Waals surface area contributed by atoms with Gasteiger partial charge in [0.2, 0.25) is 23.5 Å². The Kier molecular flexibility index (Phi) is 6.23. The van der Waals surface area contributed by atoms with Crippen LogP contribution in [-0.2, 0) is 9.59 Å². The van der Waals surface area contributed by atoms with Gasteiger partial charge in [-0.3, -0.25) is 9.59 Å². The van der Waals surface area contributed by atoms with Crippen LogP contribution >= 0.6 is 0 Å². The summed E-state index contributed by atoms with van der Waals surface area (Å²) in [7, 11) is 1.58. The third-order valence-corrected chi connectivity index (χ3v) is 4.22. The molecule has 8 nitrogen and oxygen atoms in total. The van der Waals surface area contributed by atoms with E-state index in [1.165, 1.54) is 6.92 Å². The van der Waals surface area contributed by atoms with Gasteiger partial charge < -0.3 is 19.9 Å². The molecular weight excluding hydrogens is 372 g/mol. The van der Waals surface area contributed by atoms with E-state index >= 15 is 0 Å². The van der Waals surface area contributed by atoms with E-state index in [-0.39, 0.29) is 18.2 Å². The summed E-state index contributed by atoms with van der Waals surface area (Å²) in [4.78, 5) is 28.4. The fourth-order valence-corrected chi connectivity index (χ4v) is 2.88. The van der Waals surface area contributed by atoms with E-state index in [0.717, 1.165) is 11.1 Å². The Balaban J connectivity index is 1.72. The Morgan fingerprint density at radius 1 is 1.17 bits per heavy atom. The lowest BCUT2D eigenvalue weighted by Gasteiger charge is -2.18. The van der Waals surface area contributed by atoms with Gasteiger partial charge in [-0.15, -0.1) is 0 Å². The molecule has 1 heterocycles. The van der Waals surface area contributed by atoms with Gasteiger partial charge in [0.15, 0.2) is 0 Å². The van der Waals surface area contributed by atoms with E-state index < -0.39 is 6.04 Å². The van der Waals surface area contributed by atoms with Crippen molar-refractivity contribution in [1.29, 1.82) is 0 Å². The highest BCUT2D eigenvalue weighted by molar-refractivity contribution is 5.92. The number of hydrogen-bond donors (Lipinski definition) is 2. The van der Waals surface area contributed by atoms with Gasteiger partial charge in [0.25, 0.3) is 0 Å². The van der Waals surface area contributed by atoms with Crippen LogP contribution in [0.2, 0.25) is 0 Å². The second-order valence-electron chi connectivity index (χ2n) is 6.50. The average molecular weight is 394 g/mol. The summed E-state index contributed by atoms with van der Waals surface area (Å²) >= 11 is 0. The number of rotatable bonds is 7. The van der Waals surface area contributed by atoms with Crippen molar-refractivity contribution in [3.05, 3.63) is 60.0 Å². The molecular formula is C21H22N4O4. The van der Waals surface area contributed by atoms with Crippen LogP contribution in [0.1, 0.15) is 30.8 Å². The van der Waals surface area contributed by atoms with Crippen LogP contribution in [-0.4, -0.2) is 29.1 Å². The van der Waals surface area contributed by atoms with Gasteiger partial charge in [-0.25, -0.2) is 0 Å². The fraction of sp³-hybridized carbons (Fsp3) is 0.238. The fourth-order valence-electron chi connectivity index (χ4n) is 2.88. The van der Waals surface area contributed by atoms with Crippen LogP contribution in [0.25, 0.3) is 11.4 Å². The maximum absolute atomic E-state index is 12.6. The molecule has 150 valence electrons. The number of carbonyl (C=O) groups excluding carboxylic acids is 2. The van der Waals surface area contributed by atoms with E-state index in [4.69, 9.17) is 9.26 Å². The Morgan fingerprint density at radius 3 is 2.55 bits per heavy atom. The second-order valence-corrected chi connectivity index (χ2v) is 6.50. The summed E-state index contributed by atoms with van der Waals surface area (Å²) in [5.41, 5.74) is 2.15. The summed E-state index contributed by atoms with van der Waals surface area (Å²) in [6.07, 6.45) is 0.0808. The van der Waals surface area contributed by atoms with Crippen molar-refractivity contribution >= 4 is 17.5 Å². The number of ether oxygens (including phenoxy) is 1. The highest BCUT2D eigenvalue weighted by Gasteiger charge is 2.18. The van der Waals surface area contributed by atoms with Crippen molar-refractivity contribution in [2.45, 2.75) is 26.3 Å². The summed E-state index contributed by atoms with van der Waals surface area (Å²) in [5, 5.41) is 9.56. The minimum absolute atomic E-state index is 0.0808. The number of amides is 2. The molecule has 0 radical (unpaired) electrons. The van der Waals surface area contributed by atoms with Crippen molar-refractivity contribution in [2.24, 2.45) is 0 Å². The molecule has 2 aromatic carbocycles. The number of aryl methyl sites for hydroxylation is 1. The van der Waals surface area contributed by atoms with Crippen molar-refractivity contribution < 1.29 is 18.8 Å².